The number of hydrogen-bond acceptors (Lipinski definition) is 4. The zero-order chi connectivity index (χ0) is 35.1. The topological polar surface area (TPSA) is 86.8 Å². The lowest BCUT2D eigenvalue weighted by Gasteiger charge is -2.34. The maximum Gasteiger partial charge on any atom is 0.416 e. The van der Waals surface area contributed by atoms with Crippen LogP contribution in [0.15, 0.2) is 108 Å². The fourth-order valence-electron chi connectivity index (χ4n) is 5.09. The average molecular weight is 680 g/mol. The van der Waals surface area contributed by atoms with Gasteiger partial charge in [0.1, 0.15) is 12.6 Å². The van der Waals surface area contributed by atoms with Crippen molar-refractivity contribution in [3.05, 3.63) is 131 Å². The number of halogens is 3. The van der Waals surface area contributed by atoms with Gasteiger partial charge in [0.2, 0.25) is 11.8 Å². The Labute approximate surface area is 280 Å². The number of benzene rings is 4. The van der Waals surface area contributed by atoms with E-state index in [2.05, 4.69) is 5.32 Å². The molecule has 0 bridgehead atoms. The standard InChI is InChI=1S/C37H40F3N3O4S/c1-5-28(4)41-36(45)34(22-29-10-7-6-8-11-29)42(24-30-18-14-26(2)15-19-30)35(44)25-43(32-13-9-12-31(23-32)37(38,39)40)48(46,47)33-20-16-27(3)17-21-33/h6-21,23,28,34H,5,22,24-25H2,1-4H3,(H,41,45)/t28-,34+/m1/s1. The minimum Gasteiger partial charge on any atom is -0.352 e. The normalized spacial score (nSPS) is 13.0. The van der Waals surface area contributed by atoms with Crippen LogP contribution in [0.3, 0.4) is 0 Å². The third kappa shape index (κ3) is 9.25. The summed E-state index contributed by atoms with van der Waals surface area (Å²) in [5, 5.41) is 2.96. The maximum atomic E-state index is 14.5. The number of alkyl halides is 3. The number of anilines is 1. The molecule has 0 heterocycles. The Morgan fingerprint density at radius 2 is 1.42 bits per heavy atom. The molecular weight excluding hydrogens is 639 g/mol. The van der Waals surface area contributed by atoms with Gasteiger partial charge < -0.3 is 10.2 Å². The van der Waals surface area contributed by atoms with Gasteiger partial charge in [-0.1, -0.05) is 90.8 Å². The van der Waals surface area contributed by atoms with Gasteiger partial charge in [0.25, 0.3) is 10.0 Å². The van der Waals surface area contributed by atoms with Crippen molar-refractivity contribution in [3.8, 4) is 0 Å². The summed E-state index contributed by atoms with van der Waals surface area (Å²) in [6.45, 7) is 6.53. The predicted octanol–water partition coefficient (Wildman–Crippen LogP) is 7.07. The van der Waals surface area contributed by atoms with E-state index in [0.717, 1.165) is 28.8 Å². The molecule has 0 aliphatic heterocycles. The second-order valence-corrected chi connectivity index (χ2v) is 13.8. The molecule has 0 unspecified atom stereocenters. The third-order valence-electron chi connectivity index (χ3n) is 8.09. The zero-order valence-electron chi connectivity index (χ0n) is 27.4. The third-order valence-corrected chi connectivity index (χ3v) is 9.88. The monoisotopic (exact) mass is 679 g/mol. The number of rotatable bonds is 13. The van der Waals surface area contributed by atoms with Crippen LogP contribution in [-0.4, -0.2) is 43.8 Å². The second kappa shape index (κ2) is 15.5. The van der Waals surface area contributed by atoms with Crippen LogP contribution in [-0.2, 0) is 38.8 Å². The lowest BCUT2D eigenvalue weighted by atomic mass is 10.0. The summed E-state index contributed by atoms with van der Waals surface area (Å²) in [4.78, 5) is 29.6. The smallest absolute Gasteiger partial charge is 0.352 e. The van der Waals surface area contributed by atoms with Gasteiger partial charge in [0, 0.05) is 19.0 Å². The van der Waals surface area contributed by atoms with Gasteiger partial charge in [-0.2, -0.15) is 13.2 Å². The number of carbonyl (C=O) groups excluding carboxylic acids is 2. The largest absolute Gasteiger partial charge is 0.416 e. The van der Waals surface area contributed by atoms with E-state index < -0.39 is 46.2 Å². The van der Waals surface area contributed by atoms with E-state index in [1.54, 1.807) is 19.1 Å². The molecule has 0 spiro atoms. The molecule has 4 aromatic carbocycles. The molecule has 1 N–H and O–H groups in total. The molecule has 0 aromatic heterocycles. The van der Waals surface area contributed by atoms with Crippen LogP contribution in [0.4, 0.5) is 18.9 Å². The molecule has 11 heteroatoms. The zero-order valence-corrected chi connectivity index (χ0v) is 28.2. The molecular formula is C37H40F3N3O4S. The SMILES string of the molecule is CC[C@@H](C)NC(=O)[C@H](Cc1ccccc1)N(Cc1ccc(C)cc1)C(=O)CN(c1cccc(C(F)(F)F)c1)S(=O)(=O)c1ccc(C)cc1. The number of sulfonamides is 1. The number of nitrogens with one attached hydrogen (secondary N) is 1. The highest BCUT2D eigenvalue weighted by atomic mass is 32.2. The first-order valence-corrected chi connectivity index (χ1v) is 17.1. The fourth-order valence-corrected chi connectivity index (χ4v) is 6.49. The number of carbonyl (C=O) groups is 2. The summed E-state index contributed by atoms with van der Waals surface area (Å²) in [7, 11) is -4.55. The summed E-state index contributed by atoms with van der Waals surface area (Å²) in [6.07, 6.45) is -4.01. The predicted molar refractivity (Wildman–Crippen MR) is 181 cm³/mol. The quantitative estimate of drug-likeness (QED) is 0.164. The number of amides is 2. The van der Waals surface area contributed by atoms with Crippen molar-refractivity contribution in [2.75, 3.05) is 10.8 Å². The number of nitrogens with zero attached hydrogens (tertiary/aromatic N) is 2. The van der Waals surface area contributed by atoms with Crippen LogP contribution >= 0.6 is 0 Å². The van der Waals surface area contributed by atoms with Crippen molar-refractivity contribution in [1.82, 2.24) is 10.2 Å². The Kier molecular flexibility index (Phi) is 11.7. The lowest BCUT2D eigenvalue weighted by Crippen LogP contribution is -2.54. The van der Waals surface area contributed by atoms with Crippen LogP contribution < -0.4 is 9.62 Å². The van der Waals surface area contributed by atoms with Crippen LogP contribution in [0.25, 0.3) is 0 Å². The van der Waals surface area contributed by atoms with Crippen molar-refractivity contribution in [2.45, 2.75) is 70.2 Å². The van der Waals surface area contributed by atoms with Gasteiger partial charge in [-0.05, 0) is 68.7 Å². The summed E-state index contributed by atoms with van der Waals surface area (Å²) in [5.41, 5.74) is 1.81. The minimum absolute atomic E-state index is 0.0500. The molecule has 4 rings (SSSR count). The number of aryl methyl sites for hydroxylation is 2. The van der Waals surface area contributed by atoms with Crippen molar-refractivity contribution < 1.29 is 31.2 Å². The average Bonchev–Trinajstić information content (AvgIpc) is 3.06. The van der Waals surface area contributed by atoms with Gasteiger partial charge in [0.05, 0.1) is 16.1 Å². The molecule has 0 saturated heterocycles. The fraction of sp³-hybridized carbons (Fsp3) is 0.297. The first-order valence-electron chi connectivity index (χ1n) is 15.6. The van der Waals surface area contributed by atoms with Gasteiger partial charge in [0.15, 0.2) is 0 Å². The van der Waals surface area contributed by atoms with E-state index in [4.69, 9.17) is 0 Å². The molecule has 48 heavy (non-hydrogen) atoms. The lowest BCUT2D eigenvalue weighted by molar-refractivity contribution is -0.140. The Morgan fingerprint density at radius 3 is 2.00 bits per heavy atom. The molecule has 2 atom stereocenters. The molecule has 2 amide bonds. The van der Waals surface area contributed by atoms with Crippen molar-refractivity contribution in [1.29, 1.82) is 0 Å². The second-order valence-electron chi connectivity index (χ2n) is 11.9. The van der Waals surface area contributed by atoms with Crippen LogP contribution in [0.5, 0.6) is 0 Å². The van der Waals surface area contributed by atoms with Crippen LogP contribution in [0, 0.1) is 13.8 Å². The summed E-state index contributed by atoms with van der Waals surface area (Å²) < 4.78 is 70.4. The van der Waals surface area contributed by atoms with Crippen molar-refractivity contribution >= 4 is 27.5 Å². The van der Waals surface area contributed by atoms with Crippen LogP contribution in [0.1, 0.15) is 48.1 Å². The molecule has 0 saturated carbocycles. The molecule has 0 fully saturated rings. The Morgan fingerprint density at radius 1 is 0.812 bits per heavy atom. The molecule has 7 nitrogen and oxygen atoms in total. The molecule has 0 aliphatic rings. The Hall–Kier alpha value is -4.64. The highest BCUT2D eigenvalue weighted by Crippen LogP contribution is 2.33. The summed E-state index contributed by atoms with van der Waals surface area (Å²) >= 11 is 0. The van der Waals surface area contributed by atoms with E-state index in [1.807, 2.05) is 75.4 Å². The van der Waals surface area contributed by atoms with E-state index in [1.165, 1.54) is 23.1 Å². The van der Waals surface area contributed by atoms with E-state index in [0.29, 0.717) is 22.4 Å². The Balaban J connectivity index is 1.84. The molecule has 4 aromatic rings. The number of hydrogen-bond donors (Lipinski definition) is 1. The highest BCUT2D eigenvalue weighted by molar-refractivity contribution is 7.92. The molecule has 0 aliphatic carbocycles. The van der Waals surface area contributed by atoms with Crippen molar-refractivity contribution in [2.24, 2.45) is 0 Å². The maximum absolute atomic E-state index is 14.5. The summed E-state index contributed by atoms with van der Waals surface area (Å²) in [6, 6.07) is 24.9. The van der Waals surface area contributed by atoms with E-state index in [-0.39, 0.29) is 29.6 Å². The highest BCUT2D eigenvalue weighted by Gasteiger charge is 2.36. The van der Waals surface area contributed by atoms with E-state index >= 15 is 0 Å². The summed E-state index contributed by atoms with van der Waals surface area (Å²) in [5.74, 6) is -1.19. The first-order chi connectivity index (χ1) is 22.7. The van der Waals surface area contributed by atoms with Crippen LogP contribution in [0.2, 0.25) is 0 Å². The van der Waals surface area contributed by atoms with Gasteiger partial charge in [-0.25, -0.2) is 8.42 Å². The van der Waals surface area contributed by atoms with Gasteiger partial charge in [-0.3, -0.25) is 13.9 Å². The van der Waals surface area contributed by atoms with Gasteiger partial charge in [-0.15, -0.1) is 0 Å². The molecule has 0 radical (unpaired) electrons. The molecule has 254 valence electrons. The Bertz CT molecular complexity index is 1800. The first kappa shape index (κ1) is 36.2. The van der Waals surface area contributed by atoms with Gasteiger partial charge >= 0.3 is 6.18 Å². The van der Waals surface area contributed by atoms with E-state index in [9.17, 15) is 31.2 Å². The minimum atomic E-state index is -4.76. The van der Waals surface area contributed by atoms with Crippen molar-refractivity contribution in [3.63, 3.8) is 0 Å².